The third-order valence-electron chi connectivity index (χ3n) is 1.87. The highest BCUT2D eigenvalue weighted by atomic mass is 19.4. The fourth-order valence-corrected chi connectivity index (χ4v) is 1.09. The molecule has 0 bridgehead atoms. The zero-order valence-electron chi connectivity index (χ0n) is 8.58. The predicted octanol–water partition coefficient (Wildman–Crippen LogP) is 1.19. The molecule has 0 atom stereocenters. The van der Waals surface area contributed by atoms with Crippen molar-refractivity contribution in [1.29, 1.82) is 0 Å². The van der Waals surface area contributed by atoms with Crippen LogP contribution in [0.4, 0.5) is 18.9 Å². The molecule has 0 saturated carbocycles. The molecule has 8 heteroatoms. The number of nitrogens with one attached hydrogen (secondary N) is 2. The minimum atomic E-state index is -5.08. The molecule has 2 heterocycles. The summed E-state index contributed by atoms with van der Waals surface area (Å²) in [6, 6.07) is 2.02. The second-order valence-electron chi connectivity index (χ2n) is 3.12. The number of carboxylic acids is 1. The average molecular weight is 249 g/mol. The standard InChI is InChI=1S/C7H9N3.C2HF3O2/c1-2-8-4-7-6(1)3-9-5-10-7;3-2(4,5)1(6)7/h1-2,4,9-10H,3,5H2;(H,6,7). The van der Waals surface area contributed by atoms with Crippen molar-refractivity contribution in [2.75, 3.05) is 12.0 Å². The molecule has 94 valence electrons. The Bertz CT molecular complexity index is 370. The van der Waals surface area contributed by atoms with Crippen LogP contribution in [0.25, 0.3) is 0 Å². The van der Waals surface area contributed by atoms with E-state index in [2.05, 4.69) is 15.6 Å². The molecule has 17 heavy (non-hydrogen) atoms. The Morgan fingerprint density at radius 1 is 1.47 bits per heavy atom. The fraction of sp³-hybridized carbons (Fsp3) is 0.333. The van der Waals surface area contributed by atoms with Gasteiger partial charge in [0.15, 0.2) is 0 Å². The largest absolute Gasteiger partial charge is 0.490 e. The van der Waals surface area contributed by atoms with Crippen LogP contribution < -0.4 is 10.6 Å². The Balaban J connectivity index is 0.000000185. The Hall–Kier alpha value is -1.83. The summed E-state index contributed by atoms with van der Waals surface area (Å²) in [5.74, 6) is -2.76. The lowest BCUT2D eigenvalue weighted by molar-refractivity contribution is -0.192. The van der Waals surface area contributed by atoms with Crippen LogP contribution in [0.5, 0.6) is 0 Å². The summed E-state index contributed by atoms with van der Waals surface area (Å²) >= 11 is 0. The zero-order chi connectivity index (χ0) is 12.9. The molecule has 5 nitrogen and oxygen atoms in total. The quantitative estimate of drug-likeness (QED) is 0.644. The summed E-state index contributed by atoms with van der Waals surface area (Å²) in [5, 5.41) is 13.5. The number of anilines is 1. The van der Waals surface area contributed by atoms with Gasteiger partial charge in [0.2, 0.25) is 0 Å². The van der Waals surface area contributed by atoms with Crippen LogP contribution in [-0.2, 0) is 11.3 Å². The Labute approximate surface area is 94.7 Å². The van der Waals surface area contributed by atoms with Crippen molar-refractivity contribution < 1.29 is 23.1 Å². The molecule has 1 aliphatic heterocycles. The number of hydrogen-bond acceptors (Lipinski definition) is 4. The van der Waals surface area contributed by atoms with Gasteiger partial charge >= 0.3 is 12.1 Å². The van der Waals surface area contributed by atoms with Crippen LogP contribution in [0, 0.1) is 0 Å². The normalized spacial score (nSPS) is 13.8. The summed E-state index contributed by atoms with van der Waals surface area (Å²) in [6.07, 6.45) is -1.41. The average Bonchev–Trinajstić information content (AvgIpc) is 2.29. The highest BCUT2D eigenvalue weighted by Gasteiger charge is 2.38. The Morgan fingerprint density at radius 3 is 2.65 bits per heavy atom. The Kier molecular flexibility index (Phi) is 4.27. The van der Waals surface area contributed by atoms with Gasteiger partial charge in [-0.2, -0.15) is 13.2 Å². The molecule has 0 aliphatic carbocycles. The van der Waals surface area contributed by atoms with Gasteiger partial charge in [0, 0.05) is 12.7 Å². The van der Waals surface area contributed by atoms with Crippen molar-refractivity contribution in [3.8, 4) is 0 Å². The molecule has 0 fully saturated rings. The number of alkyl halides is 3. The van der Waals surface area contributed by atoms with Crippen molar-refractivity contribution in [2.24, 2.45) is 0 Å². The molecular formula is C9H10F3N3O2. The number of aliphatic carboxylic acids is 1. The molecule has 2 rings (SSSR count). The molecule has 0 amide bonds. The van der Waals surface area contributed by atoms with Gasteiger partial charge < -0.3 is 10.4 Å². The van der Waals surface area contributed by atoms with E-state index in [0.29, 0.717) is 0 Å². The second kappa shape index (κ2) is 5.48. The third kappa shape index (κ3) is 4.27. The van der Waals surface area contributed by atoms with Crippen LogP contribution in [0.15, 0.2) is 18.5 Å². The number of fused-ring (bicyclic) bond motifs is 1. The lowest BCUT2D eigenvalue weighted by Crippen LogP contribution is -2.27. The molecule has 1 aromatic heterocycles. The monoisotopic (exact) mass is 249 g/mol. The van der Waals surface area contributed by atoms with Gasteiger partial charge in [-0.15, -0.1) is 0 Å². The lowest BCUT2D eigenvalue weighted by Gasteiger charge is -2.17. The van der Waals surface area contributed by atoms with Crippen LogP contribution in [-0.4, -0.2) is 28.9 Å². The van der Waals surface area contributed by atoms with E-state index in [9.17, 15) is 13.2 Å². The summed E-state index contributed by atoms with van der Waals surface area (Å²) in [5.41, 5.74) is 2.45. The van der Waals surface area contributed by atoms with Crippen LogP contribution >= 0.6 is 0 Å². The maximum absolute atomic E-state index is 10.6. The van der Waals surface area contributed by atoms with Gasteiger partial charge in [0.05, 0.1) is 18.6 Å². The number of pyridine rings is 1. The van der Waals surface area contributed by atoms with Gasteiger partial charge in [0.25, 0.3) is 0 Å². The van der Waals surface area contributed by atoms with E-state index in [0.717, 1.165) is 18.9 Å². The summed E-state index contributed by atoms with van der Waals surface area (Å²) in [7, 11) is 0. The first-order valence-electron chi connectivity index (χ1n) is 4.59. The van der Waals surface area contributed by atoms with E-state index < -0.39 is 12.1 Å². The van der Waals surface area contributed by atoms with E-state index in [1.54, 1.807) is 0 Å². The van der Waals surface area contributed by atoms with Crippen molar-refractivity contribution in [3.63, 3.8) is 0 Å². The lowest BCUT2D eigenvalue weighted by atomic mass is 10.2. The zero-order valence-corrected chi connectivity index (χ0v) is 8.58. The number of carbonyl (C=O) groups is 1. The number of carboxylic acid groups (broad SMARTS) is 1. The van der Waals surface area contributed by atoms with E-state index in [1.807, 2.05) is 18.5 Å². The van der Waals surface area contributed by atoms with Crippen LogP contribution in [0.1, 0.15) is 5.56 Å². The number of aromatic nitrogens is 1. The number of hydrogen-bond donors (Lipinski definition) is 3. The second-order valence-corrected chi connectivity index (χ2v) is 3.12. The van der Waals surface area contributed by atoms with Gasteiger partial charge in [0.1, 0.15) is 0 Å². The maximum atomic E-state index is 10.6. The summed E-state index contributed by atoms with van der Waals surface area (Å²) in [4.78, 5) is 12.9. The first kappa shape index (κ1) is 13.2. The first-order valence-corrected chi connectivity index (χ1v) is 4.59. The number of rotatable bonds is 0. The molecule has 1 aromatic rings. The molecule has 0 saturated heterocycles. The third-order valence-corrected chi connectivity index (χ3v) is 1.87. The molecule has 0 radical (unpaired) electrons. The van der Waals surface area contributed by atoms with Crippen molar-refractivity contribution in [3.05, 3.63) is 24.0 Å². The summed E-state index contributed by atoms with van der Waals surface area (Å²) < 4.78 is 31.7. The van der Waals surface area contributed by atoms with Crippen molar-refractivity contribution in [1.82, 2.24) is 10.3 Å². The Morgan fingerprint density at radius 2 is 2.12 bits per heavy atom. The van der Waals surface area contributed by atoms with Gasteiger partial charge in [-0.05, 0) is 11.6 Å². The summed E-state index contributed by atoms with van der Waals surface area (Å²) in [6.45, 7) is 1.80. The highest BCUT2D eigenvalue weighted by Crippen LogP contribution is 2.14. The topological polar surface area (TPSA) is 74.2 Å². The van der Waals surface area contributed by atoms with Crippen LogP contribution in [0.3, 0.4) is 0 Å². The van der Waals surface area contributed by atoms with E-state index in [4.69, 9.17) is 9.90 Å². The molecular weight excluding hydrogens is 239 g/mol. The van der Waals surface area contributed by atoms with Crippen molar-refractivity contribution >= 4 is 11.7 Å². The predicted molar refractivity (Wildman–Crippen MR) is 53.3 cm³/mol. The number of nitrogens with zero attached hydrogens (tertiary/aromatic N) is 1. The van der Waals surface area contributed by atoms with Crippen LogP contribution in [0.2, 0.25) is 0 Å². The molecule has 1 aliphatic rings. The molecule has 0 spiro atoms. The number of halogens is 3. The van der Waals surface area contributed by atoms with Gasteiger partial charge in [-0.3, -0.25) is 10.3 Å². The smallest absolute Gasteiger partial charge is 0.475 e. The van der Waals surface area contributed by atoms with Gasteiger partial charge in [-0.25, -0.2) is 4.79 Å². The minimum Gasteiger partial charge on any atom is -0.475 e. The molecule has 3 N–H and O–H groups in total. The highest BCUT2D eigenvalue weighted by molar-refractivity contribution is 5.73. The minimum absolute atomic E-state index is 0.846. The van der Waals surface area contributed by atoms with E-state index >= 15 is 0 Å². The fourth-order valence-electron chi connectivity index (χ4n) is 1.09. The maximum Gasteiger partial charge on any atom is 0.490 e. The van der Waals surface area contributed by atoms with E-state index in [1.165, 1.54) is 5.56 Å². The first-order chi connectivity index (χ1) is 7.91. The SMILES string of the molecule is O=C(O)C(F)(F)F.c1cc2c(cn1)NCNC2. The molecule has 0 aromatic carbocycles. The molecule has 0 unspecified atom stereocenters. The van der Waals surface area contributed by atoms with Gasteiger partial charge in [-0.1, -0.05) is 0 Å². The van der Waals surface area contributed by atoms with Crippen molar-refractivity contribution in [2.45, 2.75) is 12.7 Å². The van der Waals surface area contributed by atoms with E-state index in [-0.39, 0.29) is 0 Å².